The molecule has 3 aromatic carbocycles. The van der Waals surface area contributed by atoms with Crippen molar-refractivity contribution in [3.63, 3.8) is 0 Å². The number of benzene rings is 3. The Kier molecular flexibility index (Phi) is 3.64. The molecule has 1 atom stereocenters. The summed E-state index contributed by atoms with van der Waals surface area (Å²) in [7, 11) is 0. The van der Waals surface area contributed by atoms with Crippen LogP contribution in [0.3, 0.4) is 0 Å². The van der Waals surface area contributed by atoms with Crippen LogP contribution in [-0.4, -0.2) is 0 Å². The number of hydrogen-bond acceptors (Lipinski definition) is 0. The smallest absolute Gasteiger partial charge is 0.204 e. The van der Waals surface area contributed by atoms with Crippen LogP contribution in [0.2, 0.25) is 0 Å². The van der Waals surface area contributed by atoms with Crippen molar-refractivity contribution in [1.29, 1.82) is 0 Å². The third kappa shape index (κ3) is 2.53. The van der Waals surface area contributed by atoms with Crippen molar-refractivity contribution < 1.29 is 17.6 Å². The number of rotatable bonds is 2. The first-order chi connectivity index (χ1) is 12.0. The minimum Gasteiger partial charge on any atom is -0.204 e. The zero-order valence-electron chi connectivity index (χ0n) is 13.1. The van der Waals surface area contributed by atoms with Crippen LogP contribution in [0.25, 0.3) is 11.1 Å². The van der Waals surface area contributed by atoms with E-state index in [4.69, 9.17) is 0 Å². The normalized spacial score (nSPS) is 18.2. The van der Waals surface area contributed by atoms with Crippen molar-refractivity contribution in [3.8, 4) is 11.1 Å². The molecule has 0 fully saturated rings. The monoisotopic (exact) mass is 342 g/mol. The maximum atomic E-state index is 14.7. The predicted octanol–water partition coefficient (Wildman–Crippen LogP) is 6.06. The Morgan fingerprint density at radius 3 is 2.08 bits per heavy atom. The molecule has 0 saturated carbocycles. The van der Waals surface area contributed by atoms with Crippen molar-refractivity contribution >= 4 is 0 Å². The van der Waals surface area contributed by atoms with E-state index in [1.165, 1.54) is 6.07 Å². The molecule has 4 heteroatoms. The van der Waals surface area contributed by atoms with Crippen molar-refractivity contribution in [2.24, 2.45) is 0 Å². The summed E-state index contributed by atoms with van der Waals surface area (Å²) in [6.07, 6.45) is -0.00971. The maximum absolute atomic E-state index is 14.7. The number of alkyl halides is 2. The molecule has 1 unspecified atom stereocenters. The summed E-state index contributed by atoms with van der Waals surface area (Å²) in [6.45, 7) is 0. The quantitative estimate of drug-likeness (QED) is 0.496. The molecule has 25 heavy (non-hydrogen) atoms. The second kappa shape index (κ2) is 5.73. The zero-order valence-corrected chi connectivity index (χ0v) is 13.1. The standard InChI is InChI=1S/C21H14F4/c22-18-11-10-16-12-17(21(24,25)19(16)20(18)23)15-8-6-14(7-9-15)13-4-2-1-3-5-13/h1-11,17H,12H2. The second-order valence-corrected chi connectivity index (χ2v) is 6.26. The Labute approximate surface area is 142 Å². The van der Waals surface area contributed by atoms with Gasteiger partial charge in [0.25, 0.3) is 5.92 Å². The minimum atomic E-state index is -3.43. The van der Waals surface area contributed by atoms with E-state index in [2.05, 4.69) is 0 Å². The average molecular weight is 342 g/mol. The third-order valence-electron chi connectivity index (χ3n) is 4.80. The van der Waals surface area contributed by atoms with Gasteiger partial charge in [-0.05, 0) is 34.7 Å². The van der Waals surface area contributed by atoms with Gasteiger partial charge in [-0.15, -0.1) is 0 Å². The number of fused-ring (bicyclic) bond motifs is 1. The van der Waals surface area contributed by atoms with Crippen molar-refractivity contribution in [2.45, 2.75) is 18.3 Å². The molecule has 1 aliphatic rings. The van der Waals surface area contributed by atoms with Crippen LogP contribution in [0, 0.1) is 11.6 Å². The molecular weight excluding hydrogens is 328 g/mol. The summed E-state index contributed by atoms with van der Waals surface area (Å²) in [6, 6.07) is 18.6. The molecule has 0 N–H and O–H groups in total. The highest BCUT2D eigenvalue weighted by Crippen LogP contribution is 2.52. The van der Waals surface area contributed by atoms with E-state index < -0.39 is 29.0 Å². The average Bonchev–Trinajstić information content (AvgIpc) is 2.90. The second-order valence-electron chi connectivity index (χ2n) is 6.26. The van der Waals surface area contributed by atoms with E-state index >= 15 is 0 Å². The highest BCUT2D eigenvalue weighted by molar-refractivity contribution is 5.63. The van der Waals surface area contributed by atoms with Crippen molar-refractivity contribution in [2.75, 3.05) is 0 Å². The van der Waals surface area contributed by atoms with Gasteiger partial charge in [0.05, 0.1) is 11.5 Å². The van der Waals surface area contributed by atoms with E-state index in [1.54, 1.807) is 24.3 Å². The molecule has 3 aromatic rings. The largest absolute Gasteiger partial charge is 0.283 e. The topological polar surface area (TPSA) is 0 Å². The fraction of sp³-hybridized carbons (Fsp3) is 0.143. The fourth-order valence-corrected chi connectivity index (χ4v) is 3.51. The van der Waals surface area contributed by atoms with Gasteiger partial charge in [0, 0.05) is 0 Å². The van der Waals surface area contributed by atoms with Gasteiger partial charge in [0.1, 0.15) is 0 Å². The Hall–Kier alpha value is -2.62. The summed E-state index contributed by atoms with van der Waals surface area (Å²) in [5.41, 5.74) is 1.69. The molecule has 0 spiro atoms. The highest BCUT2D eigenvalue weighted by atomic mass is 19.3. The van der Waals surface area contributed by atoms with Gasteiger partial charge < -0.3 is 0 Å². The van der Waals surface area contributed by atoms with E-state index in [9.17, 15) is 17.6 Å². The number of halogens is 4. The van der Waals surface area contributed by atoms with Crippen LogP contribution in [0.1, 0.15) is 22.6 Å². The van der Waals surface area contributed by atoms with Gasteiger partial charge in [-0.25, -0.2) is 17.6 Å². The number of hydrogen-bond donors (Lipinski definition) is 0. The third-order valence-corrected chi connectivity index (χ3v) is 4.80. The molecule has 0 aromatic heterocycles. The molecule has 0 radical (unpaired) electrons. The highest BCUT2D eigenvalue weighted by Gasteiger charge is 2.51. The lowest BCUT2D eigenvalue weighted by Crippen LogP contribution is -2.20. The SMILES string of the molecule is Fc1ccc2c(c1F)C(F)(F)C(c1ccc(-c3ccccc3)cc1)C2. The Morgan fingerprint density at radius 2 is 1.40 bits per heavy atom. The first kappa shape index (κ1) is 15.9. The summed E-state index contributed by atoms with van der Waals surface area (Å²) in [5.74, 6) is -7.30. The van der Waals surface area contributed by atoms with Crippen LogP contribution in [0.15, 0.2) is 66.7 Å². The van der Waals surface area contributed by atoms with E-state index in [1.807, 2.05) is 30.3 Å². The van der Waals surface area contributed by atoms with Gasteiger partial charge in [0.15, 0.2) is 11.6 Å². The fourth-order valence-electron chi connectivity index (χ4n) is 3.51. The zero-order chi connectivity index (χ0) is 17.6. The lowest BCUT2D eigenvalue weighted by atomic mass is 9.91. The van der Waals surface area contributed by atoms with Gasteiger partial charge in [-0.1, -0.05) is 60.7 Å². The molecule has 0 amide bonds. The van der Waals surface area contributed by atoms with Gasteiger partial charge in [-0.2, -0.15) is 0 Å². The summed E-state index contributed by atoms with van der Waals surface area (Å²) < 4.78 is 56.8. The van der Waals surface area contributed by atoms with Gasteiger partial charge in [-0.3, -0.25) is 0 Å². The van der Waals surface area contributed by atoms with Crippen LogP contribution < -0.4 is 0 Å². The maximum Gasteiger partial charge on any atom is 0.283 e. The Bertz CT molecular complexity index is 915. The van der Waals surface area contributed by atoms with E-state index in [0.717, 1.165) is 17.2 Å². The molecule has 0 saturated heterocycles. The van der Waals surface area contributed by atoms with Crippen LogP contribution in [0.5, 0.6) is 0 Å². The van der Waals surface area contributed by atoms with Crippen molar-refractivity contribution in [3.05, 3.63) is 95.1 Å². The summed E-state index contributed by atoms with van der Waals surface area (Å²) >= 11 is 0. The molecule has 0 heterocycles. The van der Waals surface area contributed by atoms with Crippen LogP contribution >= 0.6 is 0 Å². The van der Waals surface area contributed by atoms with E-state index in [0.29, 0.717) is 5.56 Å². The lowest BCUT2D eigenvalue weighted by molar-refractivity contribution is -0.0255. The molecular formula is C21H14F4. The lowest BCUT2D eigenvalue weighted by Gasteiger charge is -2.21. The van der Waals surface area contributed by atoms with Gasteiger partial charge >= 0.3 is 0 Å². The molecule has 1 aliphatic carbocycles. The molecule has 0 nitrogen and oxygen atoms in total. The Morgan fingerprint density at radius 1 is 0.760 bits per heavy atom. The summed E-state index contributed by atoms with van der Waals surface area (Å²) in [5, 5.41) is 0. The molecule has 126 valence electrons. The molecule has 0 aliphatic heterocycles. The minimum absolute atomic E-state index is 0.00971. The van der Waals surface area contributed by atoms with Gasteiger partial charge in [0.2, 0.25) is 0 Å². The van der Waals surface area contributed by atoms with Crippen LogP contribution in [0.4, 0.5) is 17.6 Å². The summed E-state index contributed by atoms with van der Waals surface area (Å²) in [4.78, 5) is 0. The first-order valence-corrected chi connectivity index (χ1v) is 7.99. The Balaban J connectivity index is 1.71. The molecule has 4 rings (SSSR count). The van der Waals surface area contributed by atoms with Crippen molar-refractivity contribution in [1.82, 2.24) is 0 Å². The first-order valence-electron chi connectivity index (χ1n) is 7.99. The van der Waals surface area contributed by atoms with Crippen LogP contribution in [-0.2, 0) is 12.3 Å². The molecule has 0 bridgehead atoms. The van der Waals surface area contributed by atoms with E-state index in [-0.39, 0.29) is 12.0 Å². The predicted molar refractivity (Wildman–Crippen MR) is 88.6 cm³/mol.